The van der Waals surface area contributed by atoms with Gasteiger partial charge in [0, 0.05) is 7.79 Å². The molecule has 2 unspecified atom stereocenters. The molecular weight excluding hydrogens is 288 g/mol. The Morgan fingerprint density at radius 1 is 1.00 bits per heavy atom. The highest BCUT2D eigenvalue weighted by Gasteiger charge is 2.51. The van der Waals surface area contributed by atoms with Gasteiger partial charge in [-0.1, -0.05) is 51.9 Å². The van der Waals surface area contributed by atoms with Crippen molar-refractivity contribution in [2.45, 2.75) is 94.9 Å². The lowest BCUT2D eigenvalue weighted by atomic mass is 9.89. The lowest BCUT2D eigenvalue weighted by Gasteiger charge is -2.45. The second-order valence-electron chi connectivity index (χ2n) is 6.16. The van der Waals surface area contributed by atoms with Gasteiger partial charge in [0.1, 0.15) is 24.4 Å². The highest BCUT2D eigenvalue weighted by atomic mass is 16.7. The normalized spacial score (nSPS) is 37.8. The van der Waals surface area contributed by atoms with E-state index in [9.17, 15) is 20.4 Å². The molecule has 0 amide bonds. The van der Waals surface area contributed by atoms with Crippen molar-refractivity contribution in [3.8, 4) is 0 Å². The van der Waals surface area contributed by atoms with Crippen molar-refractivity contribution in [2.24, 2.45) is 0 Å². The smallest absolute Gasteiger partial charge is 0.195 e. The largest absolute Gasteiger partial charge is 0.394 e. The number of rotatable bonds is 10. The molecule has 0 aliphatic carbocycles. The van der Waals surface area contributed by atoms with Crippen LogP contribution in [0.1, 0.15) is 66.1 Å². The molecule has 132 valence electrons. The highest BCUT2D eigenvalue weighted by molar-refractivity contribution is 4.95. The molecule has 0 saturated carbocycles. The molecule has 6 nitrogen and oxygen atoms in total. The first-order valence-electron chi connectivity index (χ1n) is 8.91. The minimum atomic E-state index is -2.12. The molecule has 0 radical (unpaired) electrons. The molecule has 1 rings (SSSR count). The maximum absolute atomic E-state index is 10.4. The molecular formula is C16H32O6. The van der Waals surface area contributed by atoms with E-state index in [1.54, 1.807) is 0 Å². The van der Waals surface area contributed by atoms with E-state index in [2.05, 4.69) is 6.92 Å². The molecule has 6 atom stereocenters. The molecule has 0 aromatic rings. The van der Waals surface area contributed by atoms with Crippen LogP contribution in [0.3, 0.4) is 0 Å². The number of aliphatic hydroxyl groups is 5. The second-order valence-corrected chi connectivity index (χ2v) is 6.16. The van der Waals surface area contributed by atoms with Crippen molar-refractivity contribution in [1.29, 1.82) is 0 Å². The Labute approximate surface area is 134 Å². The van der Waals surface area contributed by atoms with Crippen LogP contribution in [0, 0.1) is 0 Å². The van der Waals surface area contributed by atoms with Gasteiger partial charge in [0.25, 0.3) is 0 Å². The van der Waals surface area contributed by atoms with E-state index < -0.39 is 43.2 Å². The Bertz CT molecular complexity index is 330. The summed E-state index contributed by atoms with van der Waals surface area (Å²) in [5, 5.41) is 48.9. The van der Waals surface area contributed by atoms with E-state index in [1.807, 2.05) is 0 Å². The molecule has 22 heavy (non-hydrogen) atoms. The molecule has 6 heteroatoms. The Morgan fingerprint density at radius 3 is 2.18 bits per heavy atom. The summed E-state index contributed by atoms with van der Waals surface area (Å²) in [6.07, 6.45) is 0.350. The van der Waals surface area contributed by atoms with Gasteiger partial charge >= 0.3 is 0 Å². The Morgan fingerprint density at radius 2 is 1.59 bits per heavy atom. The highest BCUT2D eigenvalue weighted by Crippen LogP contribution is 2.32. The summed E-state index contributed by atoms with van der Waals surface area (Å²) in [4.78, 5) is 0. The summed E-state index contributed by atoms with van der Waals surface area (Å²) >= 11 is 0. The average Bonchev–Trinajstić information content (AvgIpc) is 2.52. The Balaban J connectivity index is 2.43. The fraction of sp³-hybridized carbons (Fsp3) is 1.00. The van der Waals surface area contributed by atoms with Crippen LogP contribution in [-0.4, -0.2) is 62.3 Å². The molecule has 1 saturated heterocycles. The third kappa shape index (κ3) is 5.44. The molecule has 0 spiro atoms. The average molecular weight is 321 g/mol. The van der Waals surface area contributed by atoms with Gasteiger partial charge in [0.2, 0.25) is 0 Å². The number of aliphatic hydroxyl groups excluding tert-OH is 4. The lowest BCUT2D eigenvalue weighted by molar-refractivity contribution is -0.351. The molecule has 1 heterocycles. The van der Waals surface area contributed by atoms with E-state index in [0.29, 0.717) is 6.42 Å². The first kappa shape index (κ1) is 18.1. The zero-order valence-corrected chi connectivity index (χ0v) is 13.4. The van der Waals surface area contributed by atoms with Gasteiger partial charge in [-0.25, -0.2) is 0 Å². The van der Waals surface area contributed by atoms with Crippen molar-refractivity contribution in [1.82, 2.24) is 0 Å². The second kappa shape index (κ2) is 9.80. The van der Waals surface area contributed by atoms with Crippen molar-refractivity contribution in [3.63, 3.8) is 0 Å². The molecule has 1 aliphatic rings. The maximum Gasteiger partial charge on any atom is 0.195 e. The summed E-state index contributed by atoms with van der Waals surface area (Å²) in [6, 6.07) is 0. The van der Waals surface area contributed by atoms with Crippen LogP contribution in [0.2, 0.25) is 0 Å². The van der Waals surface area contributed by atoms with Gasteiger partial charge in [0.15, 0.2) is 5.79 Å². The van der Waals surface area contributed by atoms with Crippen molar-refractivity contribution in [2.75, 3.05) is 6.61 Å². The third-order valence-corrected chi connectivity index (χ3v) is 4.25. The number of hydrogen-bond donors (Lipinski definition) is 5. The molecule has 0 aromatic carbocycles. The Kier molecular flexibility index (Phi) is 8.06. The van der Waals surface area contributed by atoms with E-state index in [4.69, 9.17) is 11.2 Å². The van der Waals surface area contributed by atoms with E-state index in [0.717, 1.165) is 19.3 Å². The minimum Gasteiger partial charge on any atom is -0.394 e. The van der Waals surface area contributed by atoms with Gasteiger partial charge in [-0.3, -0.25) is 0 Å². The number of hydrogen-bond acceptors (Lipinski definition) is 6. The third-order valence-electron chi connectivity index (χ3n) is 4.25. The quantitative estimate of drug-likeness (QED) is 0.379. The van der Waals surface area contributed by atoms with Crippen molar-refractivity contribution >= 4 is 0 Å². The summed E-state index contributed by atoms with van der Waals surface area (Å²) in [6.45, 7) is 1.56. The summed E-state index contributed by atoms with van der Waals surface area (Å²) in [5.74, 6) is -2.12. The predicted octanol–water partition coefficient (Wildman–Crippen LogP) is 0.680. The lowest BCUT2D eigenvalue weighted by Crippen LogP contribution is -2.65. The zero-order chi connectivity index (χ0) is 17.5. The van der Waals surface area contributed by atoms with Crippen LogP contribution in [0.5, 0.6) is 0 Å². The topological polar surface area (TPSA) is 110 Å². The zero-order valence-electron chi connectivity index (χ0n) is 14.4. The van der Waals surface area contributed by atoms with Crippen molar-refractivity contribution in [3.05, 3.63) is 0 Å². The van der Waals surface area contributed by atoms with Gasteiger partial charge < -0.3 is 30.3 Å². The van der Waals surface area contributed by atoms with Gasteiger partial charge in [-0.15, -0.1) is 0 Å². The van der Waals surface area contributed by atoms with Crippen LogP contribution < -0.4 is 0 Å². The summed E-state index contributed by atoms with van der Waals surface area (Å²) < 4.78 is 13.2. The molecule has 0 bridgehead atoms. The van der Waals surface area contributed by atoms with Crippen molar-refractivity contribution < 1.29 is 31.6 Å². The van der Waals surface area contributed by atoms with Gasteiger partial charge in [-0.2, -0.15) is 0 Å². The molecule has 0 aromatic heterocycles. The number of unbranched alkanes of at least 4 members (excludes halogenated alkanes) is 5. The summed E-state index contributed by atoms with van der Waals surface area (Å²) in [5.41, 5.74) is 0. The first-order chi connectivity index (χ1) is 10.9. The minimum absolute atomic E-state index is 0.177. The van der Waals surface area contributed by atoms with E-state index >= 15 is 0 Å². The number of ether oxygens (including phenoxy) is 1. The Hall–Kier alpha value is -0.240. The van der Waals surface area contributed by atoms with Gasteiger partial charge in [0.05, 0.1) is 6.61 Å². The van der Waals surface area contributed by atoms with E-state index in [-0.39, 0.29) is 6.42 Å². The standard InChI is InChI=1S/C16H32O6/c1-2-3-4-5-6-7-8-9-10-16(21)15(20)14(19)13(18)12(11-17)22-16/h12-15,17-21H,2-11H2,1H3/t12-,13-,14+,15-,16?/m1/s1/i9D/t9?,12-,13-,14+,15-,16?. The fourth-order valence-corrected chi connectivity index (χ4v) is 2.77. The van der Waals surface area contributed by atoms with E-state index in [1.165, 1.54) is 19.3 Å². The fourth-order valence-electron chi connectivity index (χ4n) is 2.77. The SMILES string of the molecule is [2H]C(CCCCCCCC)CC1(O)O[C@H](CO)[C@@H](O)[C@H](O)[C@H]1O. The molecule has 1 fully saturated rings. The molecule has 1 aliphatic heterocycles. The van der Waals surface area contributed by atoms with Gasteiger partial charge in [-0.05, 0) is 6.40 Å². The van der Waals surface area contributed by atoms with Crippen LogP contribution in [0.4, 0.5) is 0 Å². The molecule has 5 N–H and O–H groups in total. The predicted molar refractivity (Wildman–Crippen MR) is 82.2 cm³/mol. The van der Waals surface area contributed by atoms with Crippen LogP contribution >= 0.6 is 0 Å². The summed E-state index contributed by atoms with van der Waals surface area (Å²) in [7, 11) is 0. The monoisotopic (exact) mass is 321 g/mol. The maximum atomic E-state index is 10.4. The first-order valence-corrected chi connectivity index (χ1v) is 8.33. The van der Waals surface area contributed by atoms with Crippen LogP contribution in [0.15, 0.2) is 0 Å². The van der Waals surface area contributed by atoms with Crippen LogP contribution in [-0.2, 0) is 4.74 Å². The van der Waals surface area contributed by atoms with Crippen LogP contribution in [0.25, 0.3) is 0 Å².